The van der Waals surface area contributed by atoms with Crippen molar-refractivity contribution in [2.24, 2.45) is 28.6 Å². The molecule has 3 rings (SSSR count). The fraction of sp³-hybridized carbons (Fsp3) is 0.611. The van der Waals surface area contributed by atoms with Crippen molar-refractivity contribution in [3.8, 4) is 0 Å². The second-order valence-corrected chi connectivity index (χ2v) is 8.94. The molecule has 2 saturated carbocycles. The van der Waals surface area contributed by atoms with Crippen LogP contribution in [0.15, 0.2) is 23.1 Å². The van der Waals surface area contributed by atoms with Crippen LogP contribution < -0.4 is 16.2 Å². The standard InChI is InChI=1S/C18H27N3O3S.ClH/c1-2-11-6-7-15(10-16(11)25(20,23)24)21-18(22)14-8-12-4-3-5-13(9-14)17(12)19;/h6-7,10,12-14,17H,2-5,8-9,19H2,1H3,(H,21,22)(H2,20,23,24);1H. The highest BCUT2D eigenvalue weighted by Gasteiger charge is 2.40. The minimum atomic E-state index is -3.82. The second-order valence-electron chi connectivity index (χ2n) is 7.41. The minimum Gasteiger partial charge on any atom is -0.327 e. The van der Waals surface area contributed by atoms with Gasteiger partial charge in [0.15, 0.2) is 0 Å². The molecule has 5 N–H and O–H groups in total. The number of primary sulfonamides is 1. The number of anilines is 1. The van der Waals surface area contributed by atoms with Crippen molar-refractivity contribution >= 4 is 34.0 Å². The van der Waals surface area contributed by atoms with Gasteiger partial charge in [-0.2, -0.15) is 0 Å². The fourth-order valence-electron chi connectivity index (χ4n) is 4.44. The lowest BCUT2D eigenvalue weighted by molar-refractivity contribution is -0.122. The summed E-state index contributed by atoms with van der Waals surface area (Å²) < 4.78 is 23.5. The van der Waals surface area contributed by atoms with Gasteiger partial charge in [0.1, 0.15) is 0 Å². The van der Waals surface area contributed by atoms with Crippen molar-refractivity contribution in [1.29, 1.82) is 0 Å². The molecular weight excluding hydrogens is 374 g/mol. The first-order chi connectivity index (χ1) is 11.8. The summed E-state index contributed by atoms with van der Waals surface area (Å²) in [6, 6.07) is 5.12. The van der Waals surface area contributed by atoms with Gasteiger partial charge in [0.2, 0.25) is 15.9 Å². The van der Waals surface area contributed by atoms with Gasteiger partial charge in [0.05, 0.1) is 4.90 Å². The topological polar surface area (TPSA) is 115 Å². The zero-order chi connectivity index (χ0) is 18.2. The molecule has 0 heterocycles. The lowest BCUT2D eigenvalue weighted by Gasteiger charge is -2.43. The molecule has 0 aromatic heterocycles. The van der Waals surface area contributed by atoms with Crippen molar-refractivity contribution < 1.29 is 13.2 Å². The highest BCUT2D eigenvalue weighted by atomic mass is 35.5. The molecule has 0 aliphatic heterocycles. The number of hydrogen-bond acceptors (Lipinski definition) is 4. The summed E-state index contributed by atoms with van der Waals surface area (Å²) >= 11 is 0. The summed E-state index contributed by atoms with van der Waals surface area (Å²) in [4.78, 5) is 12.8. The van der Waals surface area contributed by atoms with E-state index < -0.39 is 10.0 Å². The van der Waals surface area contributed by atoms with E-state index in [0.29, 0.717) is 29.5 Å². The minimum absolute atomic E-state index is 0. The van der Waals surface area contributed by atoms with Gasteiger partial charge in [-0.15, -0.1) is 12.4 Å². The van der Waals surface area contributed by atoms with Gasteiger partial charge in [-0.05, 0) is 61.6 Å². The number of hydrogen-bond donors (Lipinski definition) is 3. The van der Waals surface area contributed by atoms with Crippen LogP contribution in [0.4, 0.5) is 5.69 Å². The molecule has 1 aromatic carbocycles. The van der Waals surface area contributed by atoms with Crippen LogP contribution in [0, 0.1) is 17.8 Å². The zero-order valence-electron chi connectivity index (χ0n) is 15.0. The molecule has 2 aliphatic carbocycles. The van der Waals surface area contributed by atoms with Crippen LogP contribution in [0.25, 0.3) is 0 Å². The van der Waals surface area contributed by atoms with Crippen LogP contribution in [0.5, 0.6) is 0 Å². The maximum atomic E-state index is 12.7. The number of amides is 1. The molecule has 146 valence electrons. The van der Waals surface area contributed by atoms with Crippen molar-refractivity contribution in [3.05, 3.63) is 23.8 Å². The molecule has 2 fully saturated rings. The normalized spacial score (nSPS) is 28.1. The fourth-order valence-corrected chi connectivity index (χ4v) is 5.31. The molecule has 2 aliphatic rings. The second kappa shape index (κ2) is 8.25. The Kier molecular flexibility index (Phi) is 6.71. The van der Waals surface area contributed by atoms with Gasteiger partial charge in [0, 0.05) is 17.6 Å². The summed E-state index contributed by atoms with van der Waals surface area (Å²) in [5.74, 6) is 0.740. The Hall–Kier alpha value is -1.15. The maximum Gasteiger partial charge on any atom is 0.238 e. The maximum absolute atomic E-state index is 12.7. The van der Waals surface area contributed by atoms with Crippen LogP contribution in [0.2, 0.25) is 0 Å². The number of halogens is 1. The molecule has 6 nitrogen and oxygen atoms in total. The molecule has 26 heavy (non-hydrogen) atoms. The average molecular weight is 402 g/mol. The molecule has 0 saturated heterocycles. The Labute approximate surface area is 161 Å². The Morgan fingerprint density at radius 3 is 2.38 bits per heavy atom. The van der Waals surface area contributed by atoms with Crippen molar-refractivity contribution in [2.45, 2.75) is 56.4 Å². The van der Waals surface area contributed by atoms with E-state index >= 15 is 0 Å². The van der Waals surface area contributed by atoms with Crippen molar-refractivity contribution in [2.75, 3.05) is 5.32 Å². The predicted molar refractivity (Wildman–Crippen MR) is 105 cm³/mol. The molecule has 8 heteroatoms. The number of nitrogens with two attached hydrogens (primary N) is 2. The largest absolute Gasteiger partial charge is 0.327 e. The van der Waals surface area contributed by atoms with Crippen LogP contribution in [-0.2, 0) is 21.2 Å². The van der Waals surface area contributed by atoms with Crippen LogP contribution in [-0.4, -0.2) is 20.4 Å². The number of fused-ring (bicyclic) bond motifs is 2. The number of sulfonamides is 1. The van der Waals surface area contributed by atoms with E-state index in [9.17, 15) is 13.2 Å². The van der Waals surface area contributed by atoms with E-state index in [1.807, 2.05) is 6.92 Å². The monoisotopic (exact) mass is 401 g/mol. The highest BCUT2D eigenvalue weighted by Crippen LogP contribution is 2.42. The third-order valence-corrected chi connectivity index (χ3v) is 6.80. The Bertz CT molecular complexity index is 755. The molecule has 0 spiro atoms. The average Bonchev–Trinajstić information content (AvgIpc) is 2.53. The predicted octanol–water partition coefficient (Wildman–Crippen LogP) is 2.41. The van der Waals surface area contributed by atoms with Gasteiger partial charge in [0.25, 0.3) is 0 Å². The number of nitrogens with one attached hydrogen (secondary N) is 1. The number of rotatable bonds is 4. The van der Waals surface area contributed by atoms with Crippen molar-refractivity contribution in [1.82, 2.24) is 0 Å². The van der Waals surface area contributed by atoms with Crippen LogP contribution >= 0.6 is 12.4 Å². The van der Waals surface area contributed by atoms with E-state index in [1.165, 1.54) is 12.5 Å². The van der Waals surface area contributed by atoms with E-state index in [1.54, 1.807) is 12.1 Å². The van der Waals surface area contributed by atoms with E-state index in [4.69, 9.17) is 10.9 Å². The molecule has 2 bridgehead atoms. The first kappa shape index (κ1) is 21.2. The Morgan fingerprint density at radius 2 is 1.85 bits per heavy atom. The Morgan fingerprint density at radius 1 is 1.23 bits per heavy atom. The van der Waals surface area contributed by atoms with E-state index in [0.717, 1.165) is 25.7 Å². The molecule has 0 radical (unpaired) electrons. The summed E-state index contributed by atoms with van der Waals surface area (Å²) in [6.45, 7) is 1.87. The van der Waals surface area contributed by atoms with Crippen molar-refractivity contribution in [3.63, 3.8) is 0 Å². The first-order valence-corrected chi connectivity index (χ1v) is 10.6. The molecule has 2 atom stereocenters. The summed E-state index contributed by atoms with van der Waals surface area (Å²) in [6.07, 6.45) is 5.60. The van der Waals surface area contributed by atoms with Gasteiger partial charge in [-0.25, -0.2) is 13.6 Å². The number of carbonyl (C=O) groups excluding carboxylic acids is 1. The molecular formula is C18H28ClN3O3S. The van der Waals surface area contributed by atoms with Crippen LogP contribution in [0.1, 0.15) is 44.6 Å². The third kappa shape index (κ3) is 4.39. The first-order valence-electron chi connectivity index (χ1n) is 9.01. The number of benzene rings is 1. The van der Waals surface area contributed by atoms with Gasteiger partial charge in [-0.3, -0.25) is 4.79 Å². The van der Waals surface area contributed by atoms with Gasteiger partial charge in [-0.1, -0.05) is 19.4 Å². The number of carbonyl (C=O) groups is 1. The zero-order valence-corrected chi connectivity index (χ0v) is 16.6. The lowest BCUT2D eigenvalue weighted by atomic mass is 9.65. The summed E-state index contributed by atoms with van der Waals surface area (Å²) in [7, 11) is -3.82. The van der Waals surface area contributed by atoms with E-state index in [-0.39, 0.29) is 35.2 Å². The molecule has 2 unspecified atom stereocenters. The molecule has 1 aromatic rings. The Balaban J connectivity index is 0.00000243. The third-order valence-electron chi connectivity index (χ3n) is 5.81. The lowest BCUT2D eigenvalue weighted by Crippen LogP contribution is -2.48. The van der Waals surface area contributed by atoms with Crippen LogP contribution in [0.3, 0.4) is 0 Å². The SMILES string of the molecule is CCc1ccc(NC(=O)C2CC3CCCC(C2)C3N)cc1S(N)(=O)=O.Cl. The summed E-state index contributed by atoms with van der Waals surface area (Å²) in [5.41, 5.74) is 7.42. The van der Waals surface area contributed by atoms with E-state index in [2.05, 4.69) is 5.32 Å². The smallest absolute Gasteiger partial charge is 0.238 e. The molecule has 1 amide bonds. The van der Waals surface area contributed by atoms with Gasteiger partial charge < -0.3 is 11.1 Å². The van der Waals surface area contributed by atoms with Gasteiger partial charge >= 0.3 is 0 Å². The quantitative estimate of drug-likeness (QED) is 0.718. The summed E-state index contributed by atoms with van der Waals surface area (Å²) in [5, 5.41) is 8.18. The number of aryl methyl sites for hydroxylation is 1. The highest BCUT2D eigenvalue weighted by molar-refractivity contribution is 7.89.